The summed E-state index contributed by atoms with van der Waals surface area (Å²) < 4.78 is 7.36. The van der Waals surface area contributed by atoms with Crippen LogP contribution in [0.3, 0.4) is 0 Å². The number of aromatic nitrogens is 3. The Labute approximate surface area is 189 Å². The number of anilines is 1. The molecule has 1 aliphatic rings. The lowest BCUT2D eigenvalue weighted by Crippen LogP contribution is -2.36. The molecule has 0 spiro atoms. The SMILES string of the molecule is CCn1ncc2c(NC3CCOCC3)c(C(=O)NC(CN(C)C)c3ccccc3)cnc21. The summed E-state index contributed by atoms with van der Waals surface area (Å²) >= 11 is 0. The molecule has 2 N–H and O–H groups in total. The minimum Gasteiger partial charge on any atom is -0.381 e. The summed E-state index contributed by atoms with van der Waals surface area (Å²) in [5, 5.41) is 12.2. The summed E-state index contributed by atoms with van der Waals surface area (Å²) in [6.07, 6.45) is 5.28. The molecule has 8 nitrogen and oxygen atoms in total. The zero-order valence-electron chi connectivity index (χ0n) is 19.0. The molecule has 0 radical (unpaired) electrons. The Bertz CT molecular complexity index is 1040. The quantitative estimate of drug-likeness (QED) is 0.565. The van der Waals surface area contributed by atoms with Gasteiger partial charge in [-0.1, -0.05) is 30.3 Å². The van der Waals surface area contributed by atoms with Crippen molar-refractivity contribution in [1.82, 2.24) is 25.0 Å². The molecule has 1 aromatic carbocycles. The molecule has 1 atom stereocenters. The smallest absolute Gasteiger partial charge is 0.255 e. The van der Waals surface area contributed by atoms with Crippen LogP contribution in [-0.4, -0.2) is 65.5 Å². The lowest BCUT2D eigenvalue weighted by molar-refractivity contribution is 0.0903. The number of amides is 1. The van der Waals surface area contributed by atoms with E-state index in [1.807, 2.05) is 56.0 Å². The van der Waals surface area contributed by atoms with Crippen molar-refractivity contribution in [2.24, 2.45) is 0 Å². The van der Waals surface area contributed by atoms with Crippen molar-refractivity contribution < 1.29 is 9.53 Å². The number of nitrogens with zero attached hydrogens (tertiary/aromatic N) is 4. The fourth-order valence-corrected chi connectivity index (χ4v) is 4.15. The van der Waals surface area contributed by atoms with E-state index in [4.69, 9.17) is 4.74 Å². The van der Waals surface area contributed by atoms with Crippen LogP contribution < -0.4 is 10.6 Å². The maximum Gasteiger partial charge on any atom is 0.255 e. The minimum absolute atomic E-state index is 0.135. The summed E-state index contributed by atoms with van der Waals surface area (Å²) in [6, 6.07) is 10.2. The fraction of sp³-hybridized carbons (Fsp3) is 0.458. The normalized spacial score (nSPS) is 15.8. The van der Waals surface area contributed by atoms with Gasteiger partial charge in [-0.15, -0.1) is 0 Å². The van der Waals surface area contributed by atoms with E-state index in [0.29, 0.717) is 12.1 Å². The van der Waals surface area contributed by atoms with Crippen LogP contribution in [0.5, 0.6) is 0 Å². The molecule has 0 saturated carbocycles. The Hall–Kier alpha value is -2.97. The van der Waals surface area contributed by atoms with Crippen LogP contribution in [0.4, 0.5) is 5.69 Å². The summed E-state index contributed by atoms with van der Waals surface area (Å²) in [5.41, 5.74) is 3.20. The maximum absolute atomic E-state index is 13.5. The number of carbonyl (C=O) groups excluding carboxylic acids is 1. The van der Waals surface area contributed by atoms with E-state index >= 15 is 0 Å². The van der Waals surface area contributed by atoms with E-state index in [-0.39, 0.29) is 18.0 Å². The lowest BCUT2D eigenvalue weighted by Gasteiger charge is -2.26. The van der Waals surface area contributed by atoms with Crippen molar-refractivity contribution in [1.29, 1.82) is 0 Å². The van der Waals surface area contributed by atoms with Crippen molar-refractivity contribution in [3.05, 3.63) is 53.9 Å². The number of carbonyl (C=O) groups is 1. The van der Waals surface area contributed by atoms with E-state index in [9.17, 15) is 4.79 Å². The Morgan fingerprint density at radius 1 is 1.22 bits per heavy atom. The molecule has 1 saturated heterocycles. The second-order valence-electron chi connectivity index (χ2n) is 8.47. The molecule has 3 aromatic rings. The zero-order valence-corrected chi connectivity index (χ0v) is 19.0. The maximum atomic E-state index is 13.5. The molecule has 32 heavy (non-hydrogen) atoms. The Morgan fingerprint density at radius 2 is 1.97 bits per heavy atom. The third-order valence-electron chi connectivity index (χ3n) is 5.84. The van der Waals surface area contributed by atoms with Crippen LogP contribution in [0.2, 0.25) is 0 Å². The van der Waals surface area contributed by atoms with Crippen molar-refractivity contribution >= 4 is 22.6 Å². The highest BCUT2D eigenvalue weighted by molar-refractivity contribution is 6.06. The van der Waals surface area contributed by atoms with Crippen LogP contribution in [0.1, 0.15) is 41.7 Å². The second-order valence-corrected chi connectivity index (χ2v) is 8.47. The summed E-state index contributed by atoms with van der Waals surface area (Å²) in [4.78, 5) is 20.2. The van der Waals surface area contributed by atoms with Gasteiger partial charge in [-0.05, 0) is 39.4 Å². The molecule has 1 unspecified atom stereocenters. The number of nitrogens with one attached hydrogen (secondary N) is 2. The molecule has 2 aromatic heterocycles. The van der Waals surface area contributed by atoms with Crippen LogP contribution in [0, 0.1) is 0 Å². The second kappa shape index (κ2) is 10.1. The Morgan fingerprint density at radius 3 is 2.66 bits per heavy atom. The topological polar surface area (TPSA) is 84.3 Å². The molecule has 170 valence electrons. The molecule has 3 heterocycles. The number of likely N-dealkylation sites (N-methyl/N-ethyl adjacent to an activating group) is 1. The van der Waals surface area contributed by atoms with Gasteiger partial charge in [-0.3, -0.25) is 4.79 Å². The standard InChI is InChI=1S/C24H32N6O2/c1-4-30-23-19(15-26-30)22(27-18-10-12-32-13-11-18)20(14-25-23)24(31)28-21(16-29(2)3)17-8-6-5-7-9-17/h5-9,14-15,18,21H,4,10-13,16H2,1-3H3,(H,25,27)(H,28,31). The van der Waals surface area contributed by atoms with Gasteiger partial charge in [0, 0.05) is 38.5 Å². The van der Waals surface area contributed by atoms with Crippen LogP contribution in [0.15, 0.2) is 42.7 Å². The highest BCUT2D eigenvalue weighted by atomic mass is 16.5. The van der Waals surface area contributed by atoms with Gasteiger partial charge in [0.05, 0.1) is 28.9 Å². The molecule has 1 amide bonds. The average molecular weight is 437 g/mol. The number of hydrogen-bond acceptors (Lipinski definition) is 6. The van der Waals surface area contributed by atoms with Gasteiger partial charge in [-0.25, -0.2) is 9.67 Å². The first-order valence-electron chi connectivity index (χ1n) is 11.3. The molecule has 1 fully saturated rings. The summed E-state index contributed by atoms with van der Waals surface area (Å²) in [7, 11) is 4.01. The monoisotopic (exact) mass is 436 g/mol. The fourth-order valence-electron chi connectivity index (χ4n) is 4.15. The number of ether oxygens (including phenoxy) is 1. The van der Waals surface area contributed by atoms with Crippen LogP contribution in [0.25, 0.3) is 11.0 Å². The van der Waals surface area contributed by atoms with Gasteiger partial charge in [-0.2, -0.15) is 5.10 Å². The lowest BCUT2D eigenvalue weighted by atomic mass is 10.0. The largest absolute Gasteiger partial charge is 0.381 e. The number of benzene rings is 1. The Kier molecular flexibility index (Phi) is 7.02. The first kappa shape index (κ1) is 22.2. The highest BCUT2D eigenvalue weighted by Gasteiger charge is 2.24. The van der Waals surface area contributed by atoms with Gasteiger partial charge >= 0.3 is 0 Å². The van der Waals surface area contributed by atoms with Crippen LogP contribution in [-0.2, 0) is 11.3 Å². The van der Waals surface area contributed by atoms with Gasteiger partial charge < -0.3 is 20.3 Å². The minimum atomic E-state index is -0.145. The number of fused-ring (bicyclic) bond motifs is 1. The average Bonchev–Trinajstić information content (AvgIpc) is 3.23. The van der Waals surface area contributed by atoms with E-state index in [1.54, 1.807) is 12.4 Å². The first-order valence-corrected chi connectivity index (χ1v) is 11.3. The highest BCUT2D eigenvalue weighted by Crippen LogP contribution is 2.29. The van der Waals surface area contributed by atoms with E-state index < -0.39 is 0 Å². The van der Waals surface area contributed by atoms with E-state index in [1.165, 1.54) is 0 Å². The number of aryl methyl sites for hydroxylation is 1. The summed E-state index contributed by atoms with van der Waals surface area (Å²) in [5.74, 6) is -0.145. The van der Waals surface area contributed by atoms with Crippen LogP contribution >= 0.6 is 0 Å². The molecule has 0 aliphatic carbocycles. The predicted molar refractivity (Wildman–Crippen MR) is 126 cm³/mol. The predicted octanol–water partition coefficient (Wildman–Crippen LogP) is 3.07. The first-order chi connectivity index (χ1) is 15.6. The van der Waals surface area contributed by atoms with Gasteiger partial charge in [0.2, 0.25) is 0 Å². The number of pyridine rings is 1. The van der Waals surface area contributed by atoms with Gasteiger partial charge in [0.15, 0.2) is 5.65 Å². The number of rotatable bonds is 8. The molecular formula is C24H32N6O2. The van der Waals surface area contributed by atoms with Crippen molar-refractivity contribution in [2.45, 2.75) is 38.4 Å². The van der Waals surface area contributed by atoms with Crippen molar-refractivity contribution in [3.63, 3.8) is 0 Å². The molecular weight excluding hydrogens is 404 g/mol. The van der Waals surface area contributed by atoms with Crippen molar-refractivity contribution in [2.75, 3.05) is 39.2 Å². The number of hydrogen-bond donors (Lipinski definition) is 2. The molecule has 8 heteroatoms. The Balaban J connectivity index is 1.68. The van der Waals surface area contributed by atoms with Gasteiger partial charge in [0.1, 0.15) is 0 Å². The van der Waals surface area contributed by atoms with Crippen molar-refractivity contribution in [3.8, 4) is 0 Å². The zero-order chi connectivity index (χ0) is 22.5. The molecule has 4 rings (SSSR count). The third-order valence-corrected chi connectivity index (χ3v) is 5.84. The van der Waals surface area contributed by atoms with Gasteiger partial charge in [0.25, 0.3) is 5.91 Å². The summed E-state index contributed by atoms with van der Waals surface area (Å²) in [6.45, 7) is 4.90. The third kappa shape index (κ3) is 4.92. The van der Waals surface area contributed by atoms with E-state index in [2.05, 4.69) is 25.6 Å². The van der Waals surface area contributed by atoms with E-state index in [0.717, 1.165) is 54.9 Å². The molecule has 0 bridgehead atoms. The molecule has 1 aliphatic heterocycles.